The fraction of sp³-hybridized carbons (Fsp3) is 0.375. The van der Waals surface area contributed by atoms with E-state index in [2.05, 4.69) is 5.32 Å². The van der Waals surface area contributed by atoms with E-state index >= 15 is 0 Å². The first kappa shape index (κ1) is 10.1. The quantitative estimate of drug-likeness (QED) is 0.805. The lowest BCUT2D eigenvalue weighted by Crippen LogP contribution is -2.31. The lowest BCUT2D eigenvalue weighted by atomic mass is 10.2. The summed E-state index contributed by atoms with van der Waals surface area (Å²) in [6.45, 7) is 1.67. The van der Waals surface area contributed by atoms with E-state index in [9.17, 15) is 13.6 Å². The summed E-state index contributed by atoms with van der Waals surface area (Å²) in [4.78, 5) is 10.6. The van der Waals surface area contributed by atoms with Crippen LogP contribution in [0.1, 0.15) is 18.5 Å². The molecule has 0 fully saturated rings. The van der Waals surface area contributed by atoms with Crippen LogP contribution in [-0.4, -0.2) is 12.3 Å². The summed E-state index contributed by atoms with van der Waals surface area (Å²) >= 11 is 1.46. The lowest BCUT2D eigenvalue weighted by Gasteiger charge is -2.11. The van der Waals surface area contributed by atoms with Gasteiger partial charge in [0.2, 0.25) is 0 Å². The molecule has 0 spiro atoms. The van der Waals surface area contributed by atoms with Crippen molar-refractivity contribution in [3.63, 3.8) is 0 Å². The molecule has 1 aromatic heterocycles. The Morgan fingerprint density at radius 3 is 2.77 bits per heavy atom. The molecular weight excluding hydrogens is 196 g/mol. The second-order valence-corrected chi connectivity index (χ2v) is 3.37. The van der Waals surface area contributed by atoms with Gasteiger partial charge < -0.3 is 5.32 Å². The molecule has 0 bridgehead atoms. The smallest absolute Gasteiger partial charge is 0.315 e. The van der Waals surface area contributed by atoms with Crippen molar-refractivity contribution in [2.24, 2.45) is 0 Å². The minimum atomic E-state index is -2.94. The number of carbonyl (C=O) groups excluding carboxylic acids is 1. The monoisotopic (exact) mass is 205 g/mol. The van der Waals surface area contributed by atoms with Gasteiger partial charge in [-0.3, -0.25) is 4.79 Å². The molecule has 1 atom stereocenters. The molecule has 0 aliphatic heterocycles. The van der Waals surface area contributed by atoms with Crippen molar-refractivity contribution in [3.8, 4) is 0 Å². The van der Waals surface area contributed by atoms with Gasteiger partial charge in [-0.2, -0.15) is 20.1 Å². The Labute approximate surface area is 78.6 Å². The highest BCUT2D eigenvalue weighted by atomic mass is 32.1. The van der Waals surface area contributed by atoms with Gasteiger partial charge in [-0.05, 0) is 29.3 Å². The van der Waals surface area contributed by atoms with Crippen molar-refractivity contribution in [3.05, 3.63) is 22.4 Å². The normalized spacial score (nSPS) is 12.9. The summed E-state index contributed by atoms with van der Waals surface area (Å²) in [6.07, 6.45) is -2.94. The van der Waals surface area contributed by atoms with Crippen molar-refractivity contribution < 1.29 is 13.6 Å². The fourth-order valence-corrected chi connectivity index (χ4v) is 1.64. The molecule has 1 rings (SSSR count). The average Bonchev–Trinajstić information content (AvgIpc) is 2.55. The van der Waals surface area contributed by atoms with Gasteiger partial charge in [0.25, 0.3) is 5.91 Å². The molecule has 0 aromatic carbocycles. The molecule has 1 aromatic rings. The Bertz CT molecular complexity index is 274. The maximum absolute atomic E-state index is 11.8. The topological polar surface area (TPSA) is 29.1 Å². The molecule has 1 unspecified atom stereocenters. The maximum atomic E-state index is 11.8. The van der Waals surface area contributed by atoms with E-state index in [-0.39, 0.29) is 6.04 Å². The number of nitrogens with one attached hydrogen (secondary N) is 1. The molecule has 72 valence electrons. The average molecular weight is 205 g/mol. The zero-order valence-electron chi connectivity index (χ0n) is 6.96. The Morgan fingerprint density at radius 2 is 2.31 bits per heavy atom. The summed E-state index contributed by atoms with van der Waals surface area (Å²) < 4.78 is 23.6. The van der Waals surface area contributed by atoms with Crippen LogP contribution in [-0.2, 0) is 4.79 Å². The van der Waals surface area contributed by atoms with Crippen molar-refractivity contribution in [1.82, 2.24) is 5.32 Å². The highest BCUT2D eigenvalue weighted by Crippen LogP contribution is 2.15. The van der Waals surface area contributed by atoms with E-state index in [4.69, 9.17) is 0 Å². The molecule has 1 N–H and O–H groups in total. The number of hydrogen-bond acceptors (Lipinski definition) is 2. The first-order chi connectivity index (χ1) is 6.11. The minimum absolute atomic E-state index is 0.354. The standard InChI is InChI=1S/C8H9F2NOS/c1-5(6-2-3-13-4-6)11-8(12)7(9)10/h2-5,7H,1H3,(H,11,12). The predicted molar refractivity (Wildman–Crippen MR) is 46.9 cm³/mol. The zero-order valence-corrected chi connectivity index (χ0v) is 7.78. The van der Waals surface area contributed by atoms with Crippen molar-refractivity contribution in [1.29, 1.82) is 0 Å². The number of carbonyl (C=O) groups is 1. The molecule has 1 heterocycles. The number of thiophene rings is 1. The number of amides is 1. The van der Waals surface area contributed by atoms with Gasteiger partial charge in [-0.15, -0.1) is 0 Å². The van der Waals surface area contributed by atoms with Crippen molar-refractivity contribution in [2.45, 2.75) is 19.4 Å². The number of hydrogen-bond donors (Lipinski definition) is 1. The largest absolute Gasteiger partial charge is 0.345 e. The van der Waals surface area contributed by atoms with E-state index in [1.807, 2.05) is 10.8 Å². The van der Waals surface area contributed by atoms with Crippen LogP contribution in [0.3, 0.4) is 0 Å². The molecule has 0 aliphatic rings. The van der Waals surface area contributed by atoms with Gasteiger partial charge in [0, 0.05) is 0 Å². The molecule has 0 saturated carbocycles. The van der Waals surface area contributed by atoms with Gasteiger partial charge in [-0.1, -0.05) is 0 Å². The Balaban J connectivity index is 2.51. The minimum Gasteiger partial charge on any atom is -0.345 e. The lowest BCUT2D eigenvalue weighted by molar-refractivity contribution is -0.132. The van der Waals surface area contributed by atoms with Gasteiger partial charge in [0.05, 0.1) is 6.04 Å². The van der Waals surface area contributed by atoms with E-state index in [1.165, 1.54) is 11.3 Å². The zero-order chi connectivity index (χ0) is 9.84. The van der Waals surface area contributed by atoms with Crippen LogP contribution >= 0.6 is 11.3 Å². The van der Waals surface area contributed by atoms with Crippen LogP contribution in [0.2, 0.25) is 0 Å². The summed E-state index contributed by atoms with van der Waals surface area (Å²) in [5.74, 6) is -1.22. The molecule has 1 amide bonds. The first-order valence-corrected chi connectivity index (χ1v) is 4.66. The molecule has 2 nitrogen and oxygen atoms in total. The third-order valence-corrected chi connectivity index (χ3v) is 2.30. The summed E-state index contributed by atoms with van der Waals surface area (Å²) in [5.41, 5.74) is 0.846. The van der Waals surface area contributed by atoms with Crippen molar-refractivity contribution >= 4 is 17.2 Å². The molecular formula is C8H9F2NOS. The second kappa shape index (κ2) is 4.32. The predicted octanol–water partition coefficient (Wildman–Crippen LogP) is 2.19. The second-order valence-electron chi connectivity index (χ2n) is 2.59. The molecule has 13 heavy (non-hydrogen) atoms. The van der Waals surface area contributed by atoms with E-state index in [0.29, 0.717) is 0 Å². The van der Waals surface area contributed by atoms with E-state index < -0.39 is 12.3 Å². The van der Waals surface area contributed by atoms with Crippen LogP contribution in [0.5, 0.6) is 0 Å². The third kappa shape index (κ3) is 2.77. The van der Waals surface area contributed by atoms with Crippen LogP contribution in [0, 0.1) is 0 Å². The highest BCUT2D eigenvalue weighted by molar-refractivity contribution is 7.07. The SMILES string of the molecule is CC(NC(=O)C(F)F)c1ccsc1. The van der Waals surface area contributed by atoms with Crippen LogP contribution in [0.15, 0.2) is 16.8 Å². The van der Waals surface area contributed by atoms with Crippen LogP contribution in [0.25, 0.3) is 0 Å². The molecule has 0 aliphatic carbocycles. The fourth-order valence-electron chi connectivity index (χ4n) is 0.881. The summed E-state index contributed by atoms with van der Waals surface area (Å²) in [5, 5.41) is 5.85. The van der Waals surface area contributed by atoms with Crippen LogP contribution < -0.4 is 5.32 Å². The maximum Gasteiger partial charge on any atom is 0.315 e. The van der Waals surface area contributed by atoms with Gasteiger partial charge in [0.1, 0.15) is 0 Å². The first-order valence-electron chi connectivity index (χ1n) is 3.72. The molecule has 5 heteroatoms. The number of alkyl halides is 2. The van der Waals surface area contributed by atoms with Crippen molar-refractivity contribution in [2.75, 3.05) is 0 Å². The Morgan fingerprint density at radius 1 is 1.62 bits per heavy atom. The Hall–Kier alpha value is -0.970. The van der Waals surface area contributed by atoms with Gasteiger partial charge in [0.15, 0.2) is 0 Å². The summed E-state index contributed by atoms with van der Waals surface area (Å²) in [6, 6.07) is 1.44. The van der Waals surface area contributed by atoms with Gasteiger partial charge in [-0.25, -0.2) is 0 Å². The Kier molecular flexibility index (Phi) is 3.36. The molecule has 0 saturated heterocycles. The number of halogens is 2. The van der Waals surface area contributed by atoms with E-state index in [0.717, 1.165) is 5.56 Å². The highest BCUT2D eigenvalue weighted by Gasteiger charge is 2.17. The molecule has 0 radical (unpaired) electrons. The number of rotatable bonds is 3. The summed E-state index contributed by atoms with van der Waals surface area (Å²) in [7, 11) is 0. The van der Waals surface area contributed by atoms with Gasteiger partial charge >= 0.3 is 6.43 Å². The third-order valence-electron chi connectivity index (χ3n) is 1.60. The van der Waals surface area contributed by atoms with E-state index in [1.54, 1.807) is 13.0 Å². The van der Waals surface area contributed by atoms with Crippen LogP contribution in [0.4, 0.5) is 8.78 Å².